The van der Waals surface area contributed by atoms with Crippen molar-refractivity contribution in [3.63, 3.8) is 0 Å². The first-order valence-electron chi connectivity index (χ1n) is 19.2. The standard InChI is InChI=1S/C39H61NO8.H2/c1-23(41)46-32(35(4,5)43)27-10-8-25-28(47-27)18-26-24-9-11-29-34(2,3)30(12-13-39(29)20-38(24,39)15-14-37(25,26)7)48-31-19-40(16-17-45-31)33(42)36(6)21-44-22-36;/h24-32,43H,8-22H2,1-7H3;1H/t24?,25?,26?,27?,28?,29?,30-,31?,32-,37+,38-,39?;/m0./s1. The minimum atomic E-state index is -1.15. The van der Waals surface area contributed by atoms with E-state index in [1.54, 1.807) is 13.8 Å². The summed E-state index contributed by atoms with van der Waals surface area (Å²) in [6.45, 7) is 17.0. The van der Waals surface area contributed by atoms with Crippen LogP contribution in [-0.2, 0) is 33.3 Å². The second-order valence-corrected chi connectivity index (χ2v) is 19.2. The Labute approximate surface area is 288 Å². The van der Waals surface area contributed by atoms with Gasteiger partial charge in [0.05, 0.1) is 55.7 Å². The molecule has 0 bridgehead atoms. The topological polar surface area (TPSA) is 104 Å². The van der Waals surface area contributed by atoms with Crippen molar-refractivity contribution in [2.45, 2.75) is 149 Å². The third-order valence-corrected chi connectivity index (χ3v) is 15.9. The van der Waals surface area contributed by atoms with Gasteiger partial charge in [-0.2, -0.15) is 0 Å². The smallest absolute Gasteiger partial charge is 0.303 e. The first kappa shape index (κ1) is 33.9. The molecule has 2 spiro atoms. The predicted molar refractivity (Wildman–Crippen MR) is 180 cm³/mol. The zero-order chi connectivity index (χ0) is 34.1. The molecule has 8 rings (SSSR count). The number of aliphatic hydroxyl groups is 1. The molecule has 9 nitrogen and oxygen atoms in total. The van der Waals surface area contributed by atoms with Crippen LogP contribution in [0.25, 0.3) is 0 Å². The first-order chi connectivity index (χ1) is 22.5. The Morgan fingerprint density at radius 3 is 2.40 bits per heavy atom. The van der Waals surface area contributed by atoms with Gasteiger partial charge in [-0.3, -0.25) is 9.59 Å². The quantitative estimate of drug-likeness (QED) is 0.356. The predicted octanol–water partition coefficient (Wildman–Crippen LogP) is 5.75. The lowest BCUT2D eigenvalue weighted by molar-refractivity contribution is -0.247. The van der Waals surface area contributed by atoms with Crippen molar-refractivity contribution >= 4 is 11.9 Å². The van der Waals surface area contributed by atoms with E-state index < -0.39 is 17.1 Å². The van der Waals surface area contributed by atoms with E-state index in [0.717, 1.165) is 31.6 Å². The van der Waals surface area contributed by atoms with E-state index in [0.29, 0.717) is 61.5 Å². The minimum absolute atomic E-state index is 0. The Hall–Kier alpha value is -1.26. The Morgan fingerprint density at radius 2 is 1.71 bits per heavy atom. The van der Waals surface area contributed by atoms with E-state index in [1.807, 2.05) is 11.8 Å². The molecule has 3 heterocycles. The molecule has 8 fully saturated rings. The van der Waals surface area contributed by atoms with Crippen molar-refractivity contribution in [2.75, 3.05) is 32.9 Å². The minimum Gasteiger partial charge on any atom is -0.457 e. The summed E-state index contributed by atoms with van der Waals surface area (Å²) in [7, 11) is 0. The van der Waals surface area contributed by atoms with Gasteiger partial charge >= 0.3 is 5.97 Å². The lowest BCUT2D eigenvalue weighted by atomic mass is 9.46. The summed E-state index contributed by atoms with van der Waals surface area (Å²) in [4.78, 5) is 27.2. The number of hydrogen-bond acceptors (Lipinski definition) is 8. The molecule has 0 radical (unpaired) electrons. The fourth-order valence-corrected chi connectivity index (χ4v) is 13.6. The Morgan fingerprint density at radius 1 is 0.958 bits per heavy atom. The van der Waals surface area contributed by atoms with Gasteiger partial charge in [0.15, 0.2) is 12.4 Å². The van der Waals surface area contributed by atoms with Gasteiger partial charge in [-0.25, -0.2) is 0 Å². The zero-order valence-electron chi connectivity index (χ0n) is 30.6. The van der Waals surface area contributed by atoms with E-state index in [4.69, 9.17) is 23.7 Å². The molecule has 48 heavy (non-hydrogen) atoms. The summed E-state index contributed by atoms with van der Waals surface area (Å²) in [6.07, 6.45) is 10.8. The van der Waals surface area contributed by atoms with Crippen LogP contribution in [0.3, 0.4) is 0 Å². The monoisotopic (exact) mass is 673 g/mol. The Kier molecular flexibility index (Phi) is 7.84. The molecular weight excluding hydrogens is 610 g/mol. The number of rotatable bonds is 6. The fraction of sp³-hybridized carbons (Fsp3) is 0.949. The van der Waals surface area contributed by atoms with Gasteiger partial charge in [0, 0.05) is 14.9 Å². The van der Waals surface area contributed by atoms with Gasteiger partial charge in [-0.05, 0) is 130 Å². The number of esters is 1. The molecule has 272 valence electrons. The molecule has 1 N–H and O–H groups in total. The average Bonchev–Trinajstić information content (AvgIpc) is 3.59. The SMILES string of the molecule is CC(=O)O[C@@H](C1CCC2C(CC3C4CCC5C(C)(C)[C@@H](OC6CN(C(=O)C7(C)COC7)CCO6)CCC56C[C@@]46CC[C@]23C)O1)C(C)(C)O.[HH]. The van der Waals surface area contributed by atoms with E-state index in [2.05, 4.69) is 20.8 Å². The third-order valence-electron chi connectivity index (χ3n) is 15.9. The summed E-state index contributed by atoms with van der Waals surface area (Å²) in [5, 5.41) is 10.9. The molecule has 3 saturated heterocycles. The molecular formula is C39H63NO8. The molecule has 8 aliphatic rings. The van der Waals surface area contributed by atoms with Gasteiger partial charge in [0.25, 0.3) is 0 Å². The van der Waals surface area contributed by atoms with Gasteiger partial charge in [-0.15, -0.1) is 0 Å². The summed E-state index contributed by atoms with van der Waals surface area (Å²) in [5.74, 6) is 2.38. The van der Waals surface area contributed by atoms with Crippen LogP contribution in [-0.4, -0.2) is 91.1 Å². The summed E-state index contributed by atoms with van der Waals surface area (Å²) >= 11 is 0. The lowest BCUT2D eigenvalue weighted by Gasteiger charge is -2.60. The van der Waals surface area contributed by atoms with Gasteiger partial charge in [0.1, 0.15) is 0 Å². The molecule has 5 aliphatic carbocycles. The van der Waals surface area contributed by atoms with E-state index in [9.17, 15) is 14.7 Å². The summed E-state index contributed by atoms with van der Waals surface area (Å²) < 4.78 is 30.9. The first-order valence-corrected chi connectivity index (χ1v) is 19.2. The molecule has 9 heteroatoms. The lowest BCUT2D eigenvalue weighted by Crippen LogP contribution is -2.59. The average molecular weight is 674 g/mol. The van der Waals surface area contributed by atoms with Crippen LogP contribution in [0, 0.1) is 50.7 Å². The number of fused-ring (bicyclic) bond motifs is 4. The van der Waals surface area contributed by atoms with Crippen molar-refractivity contribution in [2.24, 2.45) is 50.7 Å². The Balaban J connectivity index is 0.00000378. The molecule has 0 aromatic rings. The highest BCUT2D eigenvalue weighted by Crippen LogP contribution is 2.87. The van der Waals surface area contributed by atoms with Crippen LogP contribution in [0.1, 0.15) is 114 Å². The van der Waals surface area contributed by atoms with Gasteiger partial charge < -0.3 is 33.7 Å². The number of nitrogens with zero attached hydrogens (tertiary/aromatic N) is 1. The van der Waals surface area contributed by atoms with Crippen molar-refractivity contribution in [1.82, 2.24) is 4.90 Å². The number of carbonyl (C=O) groups excluding carboxylic acids is 2. The van der Waals surface area contributed by atoms with Crippen LogP contribution in [0.5, 0.6) is 0 Å². The second kappa shape index (κ2) is 11.1. The fourth-order valence-electron chi connectivity index (χ4n) is 13.6. The van der Waals surface area contributed by atoms with Gasteiger partial charge in [-0.1, -0.05) is 20.8 Å². The van der Waals surface area contributed by atoms with Crippen molar-refractivity contribution in [3.05, 3.63) is 0 Å². The molecule has 0 aromatic heterocycles. The van der Waals surface area contributed by atoms with Crippen LogP contribution in [0.2, 0.25) is 0 Å². The summed E-state index contributed by atoms with van der Waals surface area (Å²) in [6, 6.07) is 0. The zero-order valence-corrected chi connectivity index (χ0v) is 30.6. The van der Waals surface area contributed by atoms with Crippen molar-refractivity contribution in [1.29, 1.82) is 0 Å². The maximum atomic E-state index is 13.2. The molecule has 0 aromatic carbocycles. The number of morpholine rings is 1. The normalized spacial score (nSPS) is 47.6. The highest BCUT2D eigenvalue weighted by molar-refractivity contribution is 5.83. The molecule has 5 saturated carbocycles. The number of amides is 1. The van der Waals surface area contributed by atoms with Crippen LogP contribution in [0.4, 0.5) is 0 Å². The summed E-state index contributed by atoms with van der Waals surface area (Å²) in [5.41, 5.74) is -0.379. The molecule has 3 aliphatic heterocycles. The van der Waals surface area contributed by atoms with E-state index in [1.165, 1.54) is 45.4 Å². The van der Waals surface area contributed by atoms with Crippen LogP contribution >= 0.6 is 0 Å². The molecule has 12 atom stereocenters. The largest absolute Gasteiger partial charge is 0.457 e. The highest BCUT2D eigenvalue weighted by atomic mass is 16.7. The maximum absolute atomic E-state index is 13.2. The second-order valence-electron chi connectivity index (χ2n) is 19.2. The molecule has 1 amide bonds. The number of hydrogen-bond donors (Lipinski definition) is 1. The van der Waals surface area contributed by atoms with Crippen molar-refractivity contribution < 1.29 is 39.8 Å². The maximum Gasteiger partial charge on any atom is 0.303 e. The van der Waals surface area contributed by atoms with Crippen LogP contribution < -0.4 is 0 Å². The third kappa shape index (κ3) is 4.86. The number of ether oxygens (including phenoxy) is 5. The van der Waals surface area contributed by atoms with E-state index >= 15 is 0 Å². The number of carbonyl (C=O) groups is 2. The molecule has 8 unspecified atom stereocenters. The highest BCUT2D eigenvalue weighted by Gasteiger charge is 2.80. The van der Waals surface area contributed by atoms with E-state index in [-0.39, 0.29) is 48.7 Å². The Bertz CT molecular complexity index is 1310. The van der Waals surface area contributed by atoms with Crippen molar-refractivity contribution in [3.8, 4) is 0 Å². The van der Waals surface area contributed by atoms with Gasteiger partial charge in [0.2, 0.25) is 5.91 Å². The van der Waals surface area contributed by atoms with Crippen LogP contribution in [0.15, 0.2) is 0 Å².